The van der Waals surface area contributed by atoms with Gasteiger partial charge in [0.2, 0.25) is 0 Å². The largest absolute Gasteiger partial charge is 0.491 e. The predicted molar refractivity (Wildman–Crippen MR) is 77.7 cm³/mol. The molecule has 0 bridgehead atoms. The normalized spacial score (nSPS) is 11.0. The molecule has 1 aromatic rings. The Kier molecular flexibility index (Phi) is 7.47. The summed E-state index contributed by atoms with van der Waals surface area (Å²) in [7, 11) is 1.62. The van der Waals surface area contributed by atoms with Crippen LogP contribution >= 0.6 is 11.8 Å². The highest BCUT2D eigenvalue weighted by Crippen LogP contribution is 2.29. The van der Waals surface area contributed by atoms with Crippen molar-refractivity contribution in [3.05, 3.63) is 24.0 Å². The fourth-order valence-electron chi connectivity index (χ4n) is 1.37. The highest BCUT2D eigenvalue weighted by molar-refractivity contribution is 8.13. The molecule has 0 aliphatic rings. The summed E-state index contributed by atoms with van der Waals surface area (Å²) < 4.78 is 23.8. The Morgan fingerprint density at radius 2 is 2.30 bits per heavy atom. The molecule has 0 amide bonds. The quantitative estimate of drug-likeness (QED) is 0.287. The van der Waals surface area contributed by atoms with E-state index in [1.54, 1.807) is 19.6 Å². The van der Waals surface area contributed by atoms with Crippen molar-refractivity contribution in [3.8, 4) is 11.9 Å². The van der Waals surface area contributed by atoms with Crippen molar-refractivity contribution in [2.45, 2.75) is 6.42 Å². The second-order valence-corrected chi connectivity index (χ2v) is 4.46. The van der Waals surface area contributed by atoms with Gasteiger partial charge in [0.25, 0.3) is 0 Å². The summed E-state index contributed by atoms with van der Waals surface area (Å²) in [6.07, 6.45) is 4.27. The number of halogens is 1. The molecule has 0 aliphatic heterocycles. The summed E-state index contributed by atoms with van der Waals surface area (Å²) in [5, 5.41) is 11.4. The summed E-state index contributed by atoms with van der Waals surface area (Å²) >= 11 is 1.25. The number of nitriles is 1. The van der Waals surface area contributed by atoms with Crippen LogP contribution in [0.25, 0.3) is 0 Å². The first-order valence-corrected chi connectivity index (χ1v) is 7.12. The van der Waals surface area contributed by atoms with E-state index in [2.05, 4.69) is 10.3 Å². The zero-order valence-corrected chi connectivity index (χ0v) is 12.2. The maximum Gasteiger partial charge on any atom is 0.183 e. The number of nitrogens with one attached hydrogen (secondary N) is 1. The number of methoxy groups -OCH3 is 1. The molecule has 20 heavy (non-hydrogen) atoms. The summed E-state index contributed by atoms with van der Waals surface area (Å²) in [6, 6.07) is 4.09. The van der Waals surface area contributed by atoms with E-state index in [9.17, 15) is 4.39 Å². The first-order chi connectivity index (χ1) is 9.71. The molecule has 0 spiro atoms. The Labute approximate surface area is 121 Å². The minimum Gasteiger partial charge on any atom is -0.491 e. The fourth-order valence-corrected chi connectivity index (χ4v) is 1.70. The van der Waals surface area contributed by atoms with E-state index in [0.29, 0.717) is 29.8 Å². The van der Waals surface area contributed by atoms with Gasteiger partial charge in [-0.15, -0.1) is 0 Å². The zero-order chi connectivity index (χ0) is 14.8. The molecule has 108 valence electrons. The molecule has 1 N–H and O–H groups in total. The van der Waals surface area contributed by atoms with E-state index in [4.69, 9.17) is 14.7 Å². The molecular formula is C13H16FN3O2S. The average molecular weight is 297 g/mol. The standard InChI is InChI=1S/C13H16FN3O2S/c1-18-6-3-7-19-12-5-4-10(14)8-11(12)17-13(20-2)16-9-15/h4-5,8H,3,6-7H2,1-2H3,(H,16,17). The van der Waals surface area contributed by atoms with Gasteiger partial charge in [-0.2, -0.15) is 5.26 Å². The Morgan fingerprint density at radius 3 is 2.95 bits per heavy atom. The van der Waals surface area contributed by atoms with Crippen LogP contribution in [0.5, 0.6) is 5.75 Å². The van der Waals surface area contributed by atoms with Crippen LogP contribution in [0.3, 0.4) is 0 Å². The van der Waals surface area contributed by atoms with Gasteiger partial charge in [-0.05, 0) is 18.4 Å². The smallest absolute Gasteiger partial charge is 0.183 e. The van der Waals surface area contributed by atoms with Crippen LogP contribution in [0, 0.1) is 17.3 Å². The van der Waals surface area contributed by atoms with Crippen molar-refractivity contribution in [3.63, 3.8) is 0 Å². The first kappa shape index (κ1) is 16.3. The van der Waals surface area contributed by atoms with Gasteiger partial charge >= 0.3 is 0 Å². The van der Waals surface area contributed by atoms with Crippen LogP contribution in [0.1, 0.15) is 6.42 Å². The second kappa shape index (κ2) is 9.18. The Bertz CT molecular complexity index is 503. The summed E-state index contributed by atoms with van der Waals surface area (Å²) in [4.78, 5) is 4.18. The third-order valence-electron chi connectivity index (χ3n) is 2.25. The fraction of sp³-hybridized carbons (Fsp3) is 0.385. The summed E-state index contributed by atoms with van der Waals surface area (Å²) in [6.45, 7) is 1.04. The first-order valence-electron chi connectivity index (χ1n) is 5.90. The molecular weight excluding hydrogens is 281 g/mol. The molecule has 0 saturated carbocycles. The third kappa shape index (κ3) is 5.47. The van der Waals surface area contributed by atoms with Gasteiger partial charge in [0, 0.05) is 26.2 Å². The monoisotopic (exact) mass is 297 g/mol. The lowest BCUT2D eigenvalue weighted by Crippen LogP contribution is -2.12. The second-order valence-electron chi connectivity index (χ2n) is 3.66. The van der Waals surface area contributed by atoms with Gasteiger partial charge in [0.1, 0.15) is 17.3 Å². The molecule has 0 heterocycles. The van der Waals surface area contributed by atoms with Gasteiger partial charge in [0.15, 0.2) is 11.4 Å². The third-order valence-corrected chi connectivity index (χ3v) is 2.83. The van der Waals surface area contributed by atoms with Gasteiger partial charge in [-0.1, -0.05) is 11.8 Å². The number of rotatable bonds is 6. The molecule has 0 aromatic heterocycles. The van der Waals surface area contributed by atoms with Gasteiger partial charge in [-0.3, -0.25) is 5.32 Å². The van der Waals surface area contributed by atoms with E-state index in [0.717, 1.165) is 6.42 Å². The maximum absolute atomic E-state index is 13.3. The molecule has 0 saturated heterocycles. The van der Waals surface area contributed by atoms with Crippen molar-refractivity contribution >= 4 is 22.6 Å². The highest BCUT2D eigenvalue weighted by atomic mass is 32.2. The minimum atomic E-state index is -0.412. The predicted octanol–water partition coefficient (Wildman–Crippen LogP) is 2.66. The molecule has 0 fully saturated rings. The molecule has 0 unspecified atom stereocenters. The summed E-state index contributed by atoms with van der Waals surface area (Å²) in [5.41, 5.74) is 0.342. The van der Waals surface area contributed by atoms with Crippen LogP contribution in [0.2, 0.25) is 0 Å². The molecule has 5 nitrogen and oxygen atoms in total. The van der Waals surface area contributed by atoms with Crippen molar-refractivity contribution in [1.29, 1.82) is 5.26 Å². The number of thioether (sulfide) groups is 1. The topological polar surface area (TPSA) is 66.6 Å². The maximum atomic E-state index is 13.3. The van der Waals surface area contributed by atoms with E-state index in [1.807, 2.05) is 0 Å². The van der Waals surface area contributed by atoms with E-state index in [-0.39, 0.29) is 0 Å². The minimum absolute atomic E-state index is 0.342. The average Bonchev–Trinajstić information content (AvgIpc) is 2.45. The number of benzene rings is 1. The molecule has 7 heteroatoms. The van der Waals surface area contributed by atoms with Crippen molar-refractivity contribution in [2.75, 3.05) is 26.6 Å². The lowest BCUT2D eigenvalue weighted by molar-refractivity contribution is 0.172. The van der Waals surface area contributed by atoms with Crippen LogP contribution in [-0.4, -0.2) is 31.7 Å². The lowest BCUT2D eigenvalue weighted by atomic mass is 10.3. The van der Waals surface area contributed by atoms with Crippen LogP contribution < -0.4 is 10.1 Å². The van der Waals surface area contributed by atoms with Crippen molar-refractivity contribution < 1.29 is 13.9 Å². The molecule has 1 rings (SSSR count). The van der Waals surface area contributed by atoms with E-state index in [1.165, 1.54) is 30.0 Å². The Balaban J connectivity index is 2.87. The lowest BCUT2D eigenvalue weighted by Gasteiger charge is -2.09. The molecule has 0 atom stereocenters. The van der Waals surface area contributed by atoms with Crippen LogP contribution in [0.4, 0.5) is 10.1 Å². The van der Waals surface area contributed by atoms with E-state index >= 15 is 0 Å². The van der Waals surface area contributed by atoms with Gasteiger partial charge in [0.05, 0.1) is 6.61 Å². The van der Waals surface area contributed by atoms with Gasteiger partial charge < -0.3 is 9.47 Å². The highest BCUT2D eigenvalue weighted by Gasteiger charge is 2.06. The number of aliphatic imine (C=N–C) groups is 1. The van der Waals surface area contributed by atoms with Crippen molar-refractivity contribution in [1.82, 2.24) is 5.32 Å². The number of hydrogen-bond donors (Lipinski definition) is 1. The van der Waals surface area contributed by atoms with Crippen molar-refractivity contribution in [2.24, 2.45) is 4.99 Å². The van der Waals surface area contributed by atoms with Gasteiger partial charge in [-0.25, -0.2) is 9.38 Å². The number of hydrogen-bond acceptors (Lipinski definition) is 5. The SMILES string of the molecule is COCCCOc1ccc(F)cc1N=C(NC#N)SC. The number of ether oxygens (including phenoxy) is 2. The van der Waals surface area contributed by atoms with E-state index < -0.39 is 5.82 Å². The molecule has 0 radical (unpaired) electrons. The number of nitrogens with zero attached hydrogens (tertiary/aromatic N) is 2. The summed E-state index contributed by atoms with van der Waals surface area (Å²) in [5.74, 6) is 0.0548. The van der Waals surface area contributed by atoms with Crippen LogP contribution in [-0.2, 0) is 4.74 Å². The molecule has 1 aromatic carbocycles. The Hall–Kier alpha value is -1.78. The Morgan fingerprint density at radius 1 is 1.50 bits per heavy atom. The zero-order valence-electron chi connectivity index (χ0n) is 11.4. The number of amidine groups is 1. The van der Waals surface area contributed by atoms with Crippen LogP contribution in [0.15, 0.2) is 23.2 Å². The molecule has 0 aliphatic carbocycles.